The third-order valence-electron chi connectivity index (χ3n) is 2.48. The van der Waals surface area contributed by atoms with E-state index in [0.29, 0.717) is 13.1 Å². The fourth-order valence-corrected chi connectivity index (χ4v) is 1.74. The van der Waals surface area contributed by atoms with Crippen LogP contribution in [0.25, 0.3) is 0 Å². The van der Waals surface area contributed by atoms with Crippen molar-refractivity contribution in [3.8, 4) is 0 Å². The van der Waals surface area contributed by atoms with Crippen molar-refractivity contribution in [3.63, 3.8) is 0 Å². The van der Waals surface area contributed by atoms with E-state index in [4.69, 9.17) is 9.47 Å². The summed E-state index contributed by atoms with van der Waals surface area (Å²) in [6.07, 6.45) is 2.07. The van der Waals surface area contributed by atoms with Gasteiger partial charge in [-0.1, -0.05) is 6.58 Å². The molecule has 0 bridgehead atoms. The number of nitrogens with zero attached hydrogens (tertiary/aromatic N) is 1. The Morgan fingerprint density at radius 3 is 2.61 bits per heavy atom. The van der Waals surface area contributed by atoms with Crippen LogP contribution in [0.5, 0.6) is 0 Å². The largest absolute Gasteiger partial charge is 0.457 e. The molecule has 1 atom stereocenters. The number of carbonyl (C=O) groups is 2. The SMILES string of the molecule is C=CC(=O)O[C@H]1CCCN(C(=O)OC(C)(C)C)C1. The quantitative estimate of drug-likeness (QED) is 0.560. The molecule has 1 heterocycles. The number of hydrogen-bond donors (Lipinski definition) is 0. The van der Waals surface area contributed by atoms with Crippen LogP contribution in [0.15, 0.2) is 12.7 Å². The summed E-state index contributed by atoms with van der Waals surface area (Å²) >= 11 is 0. The minimum atomic E-state index is -0.512. The van der Waals surface area contributed by atoms with Gasteiger partial charge in [0.1, 0.15) is 11.7 Å². The Balaban J connectivity index is 2.50. The average Bonchev–Trinajstić information content (AvgIpc) is 2.27. The van der Waals surface area contributed by atoms with Gasteiger partial charge in [-0.2, -0.15) is 0 Å². The Hall–Kier alpha value is -1.52. The predicted molar refractivity (Wildman–Crippen MR) is 67.1 cm³/mol. The second-order valence-corrected chi connectivity index (χ2v) is 5.33. The van der Waals surface area contributed by atoms with Gasteiger partial charge < -0.3 is 14.4 Å². The monoisotopic (exact) mass is 255 g/mol. The summed E-state index contributed by atoms with van der Waals surface area (Å²) in [5.41, 5.74) is -0.512. The lowest BCUT2D eigenvalue weighted by Gasteiger charge is -2.33. The molecule has 102 valence electrons. The van der Waals surface area contributed by atoms with Gasteiger partial charge in [0.15, 0.2) is 0 Å². The van der Waals surface area contributed by atoms with Gasteiger partial charge in [-0.25, -0.2) is 9.59 Å². The first-order chi connectivity index (χ1) is 8.31. The van der Waals surface area contributed by atoms with Gasteiger partial charge in [0.25, 0.3) is 0 Å². The van der Waals surface area contributed by atoms with Gasteiger partial charge in [0, 0.05) is 12.6 Å². The normalized spacial score (nSPS) is 20.2. The zero-order valence-corrected chi connectivity index (χ0v) is 11.3. The van der Waals surface area contributed by atoms with Crippen molar-refractivity contribution >= 4 is 12.1 Å². The Morgan fingerprint density at radius 2 is 2.06 bits per heavy atom. The summed E-state index contributed by atoms with van der Waals surface area (Å²) in [5, 5.41) is 0. The summed E-state index contributed by atoms with van der Waals surface area (Å²) in [4.78, 5) is 24.5. The summed E-state index contributed by atoms with van der Waals surface area (Å²) in [6.45, 7) is 9.84. The lowest BCUT2D eigenvalue weighted by molar-refractivity contribution is -0.145. The van der Waals surface area contributed by atoms with Gasteiger partial charge >= 0.3 is 12.1 Å². The van der Waals surface area contributed by atoms with Crippen molar-refractivity contribution in [3.05, 3.63) is 12.7 Å². The van der Waals surface area contributed by atoms with Crippen LogP contribution in [0.1, 0.15) is 33.6 Å². The van der Waals surface area contributed by atoms with E-state index in [9.17, 15) is 9.59 Å². The number of esters is 1. The first kappa shape index (κ1) is 14.5. The Kier molecular flexibility index (Phi) is 4.76. The molecule has 0 aromatic carbocycles. The second kappa shape index (κ2) is 5.89. The number of rotatable bonds is 2. The third-order valence-corrected chi connectivity index (χ3v) is 2.48. The van der Waals surface area contributed by atoms with Gasteiger partial charge in [-0.3, -0.25) is 0 Å². The number of ether oxygens (including phenoxy) is 2. The molecule has 0 saturated carbocycles. The van der Waals surface area contributed by atoms with Crippen molar-refractivity contribution in [2.75, 3.05) is 13.1 Å². The van der Waals surface area contributed by atoms with Crippen LogP contribution in [0.2, 0.25) is 0 Å². The molecule has 1 fully saturated rings. The molecule has 1 aliphatic rings. The van der Waals surface area contributed by atoms with Crippen LogP contribution >= 0.6 is 0 Å². The van der Waals surface area contributed by atoms with Crippen LogP contribution in [0, 0.1) is 0 Å². The molecule has 1 aliphatic heterocycles. The standard InChI is InChI=1S/C13H21NO4/c1-5-11(15)17-10-7-6-8-14(9-10)12(16)18-13(2,3)4/h5,10H,1,6-9H2,2-4H3/t10-/m0/s1. The summed E-state index contributed by atoms with van der Waals surface area (Å²) in [5.74, 6) is -0.453. The number of piperidine rings is 1. The number of amides is 1. The zero-order valence-electron chi connectivity index (χ0n) is 11.3. The van der Waals surface area contributed by atoms with E-state index in [1.165, 1.54) is 0 Å². The van der Waals surface area contributed by atoms with Crippen molar-refractivity contribution in [1.29, 1.82) is 0 Å². The summed E-state index contributed by atoms with van der Waals surface area (Å²) in [6, 6.07) is 0. The Labute approximate surface area is 108 Å². The predicted octanol–water partition coefficient (Wildman–Crippen LogP) is 2.12. The van der Waals surface area contributed by atoms with E-state index >= 15 is 0 Å². The lowest BCUT2D eigenvalue weighted by Crippen LogP contribution is -2.45. The van der Waals surface area contributed by atoms with E-state index in [2.05, 4.69) is 6.58 Å². The molecule has 0 unspecified atom stereocenters. The molecule has 1 amide bonds. The maximum absolute atomic E-state index is 11.9. The highest BCUT2D eigenvalue weighted by atomic mass is 16.6. The van der Waals surface area contributed by atoms with E-state index < -0.39 is 11.6 Å². The molecular formula is C13H21NO4. The second-order valence-electron chi connectivity index (χ2n) is 5.33. The maximum atomic E-state index is 11.9. The molecular weight excluding hydrogens is 234 g/mol. The van der Waals surface area contributed by atoms with E-state index in [1.54, 1.807) is 4.90 Å². The van der Waals surface area contributed by atoms with Crippen LogP contribution in [-0.2, 0) is 14.3 Å². The lowest BCUT2D eigenvalue weighted by atomic mass is 10.1. The van der Waals surface area contributed by atoms with Gasteiger partial charge in [0.05, 0.1) is 6.54 Å². The van der Waals surface area contributed by atoms with Crippen LogP contribution in [-0.4, -0.2) is 41.8 Å². The van der Waals surface area contributed by atoms with Crippen molar-refractivity contribution in [1.82, 2.24) is 4.90 Å². The molecule has 18 heavy (non-hydrogen) atoms. The highest BCUT2D eigenvalue weighted by Gasteiger charge is 2.28. The van der Waals surface area contributed by atoms with Gasteiger partial charge in [-0.05, 0) is 33.6 Å². The van der Waals surface area contributed by atoms with Crippen LogP contribution in [0.4, 0.5) is 4.79 Å². The first-order valence-electron chi connectivity index (χ1n) is 6.13. The summed E-state index contributed by atoms with van der Waals surface area (Å²) < 4.78 is 10.4. The smallest absolute Gasteiger partial charge is 0.410 e. The molecule has 1 saturated heterocycles. The van der Waals surface area contributed by atoms with E-state index in [-0.39, 0.29) is 12.2 Å². The van der Waals surface area contributed by atoms with Crippen molar-refractivity contribution in [2.45, 2.75) is 45.3 Å². The molecule has 0 aliphatic carbocycles. The highest BCUT2D eigenvalue weighted by molar-refractivity contribution is 5.81. The highest BCUT2D eigenvalue weighted by Crippen LogP contribution is 2.17. The molecule has 0 aromatic heterocycles. The fraction of sp³-hybridized carbons (Fsp3) is 0.692. The molecule has 0 N–H and O–H groups in total. The average molecular weight is 255 g/mol. The number of likely N-dealkylation sites (tertiary alicyclic amines) is 1. The summed E-state index contributed by atoms with van der Waals surface area (Å²) in [7, 11) is 0. The Morgan fingerprint density at radius 1 is 1.39 bits per heavy atom. The molecule has 1 rings (SSSR count). The number of carbonyl (C=O) groups excluding carboxylic acids is 2. The molecule has 0 aromatic rings. The fourth-order valence-electron chi connectivity index (χ4n) is 1.74. The van der Waals surface area contributed by atoms with E-state index in [1.807, 2.05) is 20.8 Å². The molecule has 0 spiro atoms. The van der Waals surface area contributed by atoms with Crippen molar-refractivity contribution < 1.29 is 19.1 Å². The van der Waals surface area contributed by atoms with Crippen molar-refractivity contribution in [2.24, 2.45) is 0 Å². The minimum absolute atomic E-state index is 0.267. The van der Waals surface area contributed by atoms with Crippen LogP contribution in [0.3, 0.4) is 0 Å². The van der Waals surface area contributed by atoms with Crippen LogP contribution < -0.4 is 0 Å². The third kappa shape index (κ3) is 4.77. The number of hydrogen-bond acceptors (Lipinski definition) is 4. The first-order valence-corrected chi connectivity index (χ1v) is 6.13. The molecule has 5 nitrogen and oxygen atoms in total. The topological polar surface area (TPSA) is 55.8 Å². The zero-order chi connectivity index (χ0) is 13.8. The van der Waals surface area contributed by atoms with Gasteiger partial charge in [0.2, 0.25) is 0 Å². The minimum Gasteiger partial charge on any atom is -0.457 e. The maximum Gasteiger partial charge on any atom is 0.410 e. The Bertz CT molecular complexity index is 332. The molecule has 0 radical (unpaired) electrons. The van der Waals surface area contributed by atoms with Gasteiger partial charge in [-0.15, -0.1) is 0 Å². The molecule has 5 heteroatoms. The van der Waals surface area contributed by atoms with E-state index in [0.717, 1.165) is 18.9 Å².